The summed E-state index contributed by atoms with van der Waals surface area (Å²) in [6.45, 7) is 0.234. The van der Waals surface area contributed by atoms with Crippen molar-refractivity contribution in [2.24, 2.45) is 0 Å². The first-order chi connectivity index (χ1) is 10.5. The number of nitrogens with one attached hydrogen (secondary N) is 2. The van der Waals surface area contributed by atoms with Gasteiger partial charge in [-0.2, -0.15) is 0 Å². The SMILES string of the molecule is COc1ccc(Cl)cc1NC(=S)NCc1ccc(Cl)cc1F. The summed E-state index contributed by atoms with van der Waals surface area (Å²) >= 11 is 16.8. The van der Waals surface area contributed by atoms with Crippen LogP contribution in [-0.2, 0) is 6.54 Å². The lowest BCUT2D eigenvalue weighted by Crippen LogP contribution is -2.28. The Morgan fingerprint density at radius 1 is 1.18 bits per heavy atom. The molecule has 7 heteroatoms. The molecule has 0 spiro atoms. The number of anilines is 1. The fourth-order valence-corrected chi connectivity index (χ4v) is 2.30. The molecule has 0 radical (unpaired) electrons. The molecular weight excluding hydrogens is 346 g/mol. The van der Waals surface area contributed by atoms with Crippen molar-refractivity contribution in [2.75, 3.05) is 12.4 Å². The van der Waals surface area contributed by atoms with Gasteiger partial charge in [-0.1, -0.05) is 29.3 Å². The number of thiocarbonyl (C=S) groups is 1. The van der Waals surface area contributed by atoms with E-state index in [0.29, 0.717) is 32.2 Å². The van der Waals surface area contributed by atoms with Crippen LogP contribution in [0.2, 0.25) is 10.0 Å². The van der Waals surface area contributed by atoms with Gasteiger partial charge in [-0.15, -0.1) is 0 Å². The van der Waals surface area contributed by atoms with Gasteiger partial charge in [0.15, 0.2) is 5.11 Å². The zero-order chi connectivity index (χ0) is 16.1. The molecule has 2 N–H and O–H groups in total. The molecule has 0 saturated heterocycles. The smallest absolute Gasteiger partial charge is 0.171 e. The summed E-state index contributed by atoms with van der Waals surface area (Å²) in [6.07, 6.45) is 0. The maximum absolute atomic E-state index is 13.7. The van der Waals surface area contributed by atoms with Crippen molar-refractivity contribution >= 4 is 46.2 Å². The number of methoxy groups -OCH3 is 1. The van der Waals surface area contributed by atoms with E-state index in [4.69, 9.17) is 40.2 Å². The van der Waals surface area contributed by atoms with Gasteiger partial charge in [-0.05, 0) is 42.5 Å². The molecule has 0 atom stereocenters. The summed E-state index contributed by atoms with van der Waals surface area (Å²) in [5.74, 6) is 0.217. The first-order valence-corrected chi connectivity index (χ1v) is 7.48. The Hall–Kier alpha value is -1.56. The second kappa shape index (κ2) is 7.63. The van der Waals surface area contributed by atoms with Crippen LogP contribution in [-0.4, -0.2) is 12.2 Å². The van der Waals surface area contributed by atoms with E-state index in [9.17, 15) is 4.39 Å². The Labute approximate surface area is 143 Å². The van der Waals surface area contributed by atoms with Crippen LogP contribution in [0.3, 0.4) is 0 Å². The highest BCUT2D eigenvalue weighted by Gasteiger charge is 2.07. The van der Waals surface area contributed by atoms with Gasteiger partial charge < -0.3 is 15.4 Å². The predicted molar refractivity (Wildman–Crippen MR) is 92.5 cm³/mol. The molecule has 0 bridgehead atoms. The number of hydrogen-bond donors (Lipinski definition) is 2. The van der Waals surface area contributed by atoms with Crippen LogP contribution >= 0.6 is 35.4 Å². The van der Waals surface area contributed by atoms with Gasteiger partial charge in [-0.25, -0.2) is 4.39 Å². The Morgan fingerprint density at radius 3 is 2.55 bits per heavy atom. The summed E-state index contributed by atoms with van der Waals surface area (Å²) < 4.78 is 18.9. The molecule has 3 nitrogen and oxygen atoms in total. The van der Waals surface area contributed by atoms with E-state index in [1.165, 1.54) is 6.07 Å². The molecule has 0 aliphatic carbocycles. The first kappa shape index (κ1) is 16.8. The largest absolute Gasteiger partial charge is 0.495 e. The minimum atomic E-state index is -0.386. The molecule has 2 aromatic rings. The molecule has 2 aromatic carbocycles. The molecule has 0 amide bonds. The first-order valence-electron chi connectivity index (χ1n) is 6.32. The van der Waals surface area contributed by atoms with E-state index in [2.05, 4.69) is 10.6 Å². The molecule has 0 heterocycles. The molecule has 22 heavy (non-hydrogen) atoms. The van der Waals surface area contributed by atoms with Gasteiger partial charge in [0.2, 0.25) is 0 Å². The Kier molecular flexibility index (Phi) is 5.83. The van der Waals surface area contributed by atoms with Crippen LogP contribution in [0.5, 0.6) is 5.75 Å². The molecule has 116 valence electrons. The van der Waals surface area contributed by atoms with Gasteiger partial charge in [0.05, 0.1) is 12.8 Å². The molecule has 0 saturated carbocycles. The molecular formula is C15H13Cl2FN2OS. The number of ether oxygens (including phenoxy) is 1. The zero-order valence-corrected chi connectivity index (χ0v) is 13.9. The third-order valence-electron chi connectivity index (χ3n) is 2.86. The summed E-state index contributed by atoms with van der Waals surface area (Å²) in [4.78, 5) is 0. The number of hydrogen-bond acceptors (Lipinski definition) is 2. The van der Waals surface area contributed by atoms with Crippen molar-refractivity contribution in [3.63, 3.8) is 0 Å². The van der Waals surface area contributed by atoms with Gasteiger partial charge in [0.25, 0.3) is 0 Å². The summed E-state index contributed by atoms with van der Waals surface area (Å²) in [7, 11) is 1.55. The molecule has 0 aromatic heterocycles. The fraction of sp³-hybridized carbons (Fsp3) is 0.133. The number of rotatable bonds is 4. The van der Waals surface area contributed by atoms with Gasteiger partial charge in [0, 0.05) is 22.2 Å². The summed E-state index contributed by atoms with van der Waals surface area (Å²) in [5, 5.41) is 7.11. The Balaban J connectivity index is 2.00. The summed E-state index contributed by atoms with van der Waals surface area (Å²) in [5.41, 5.74) is 1.09. The lowest BCUT2D eigenvalue weighted by Gasteiger charge is -2.14. The molecule has 0 unspecified atom stereocenters. The number of benzene rings is 2. The minimum Gasteiger partial charge on any atom is -0.495 e. The average molecular weight is 359 g/mol. The minimum absolute atomic E-state index is 0.234. The normalized spacial score (nSPS) is 10.2. The van der Waals surface area contributed by atoms with Crippen LogP contribution in [0, 0.1) is 5.82 Å². The van der Waals surface area contributed by atoms with Crippen molar-refractivity contribution in [1.29, 1.82) is 0 Å². The zero-order valence-electron chi connectivity index (χ0n) is 11.6. The van der Waals surface area contributed by atoms with Crippen molar-refractivity contribution in [1.82, 2.24) is 5.32 Å². The van der Waals surface area contributed by atoms with E-state index < -0.39 is 0 Å². The standard InChI is InChI=1S/C15H13Cl2FN2OS/c1-21-14-5-4-11(17)7-13(14)20-15(22)19-8-9-2-3-10(16)6-12(9)18/h2-7H,8H2,1H3,(H2,19,20,22). The van der Waals surface area contributed by atoms with Crippen molar-refractivity contribution in [3.05, 3.63) is 57.8 Å². The highest BCUT2D eigenvalue weighted by Crippen LogP contribution is 2.27. The Morgan fingerprint density at radius 2 is 1.86 bits per heavy atom. The average Bonchev–Trinajstić information content (AvgIpc) is 2.46. The third kappa shape index (κ3) is 4.47. The molecule has 0 aliphatic rings. The van der Waals surface area contributed by atoms with Crippen LogP contribution in [0.1, 0.15) is 5.56 Å². The van der Waals surface area contributed by atoms with Crippen molar-refractivity contribution in [2.45, 2.75) is 6.54 Å². The topological polar surface area (TPSA) is 33.3 Å². The molecule has 0 aliphatic heterocycles. The molecule has 2 rings (SSSR count). The van der Waals surface area contributed by atoms with E-state index in [1.54, 1.807) is 37.4 Å². The van der Waals surface area contributed by atoms with Gasteiger partial charge >= 0.3 is 0 Å². The molecule has 0 fully saturated rings. The summed E-state index contributed by atoms with van der Waals surface area (Å²) in [6, 6.07) is 9.62. The van der Waals surface area contributed by atoms with E-state index in [0.717, 1.165) is 0 Å². The van der Waals surface area contributed by atoms with Gasteiger partial charge in [-0.3, -0.25) is 0 Å². The Bertz CT molecular complexity index is 697. The van der Waals surface area contributed by atoms with Crippen LogP contribution in [0.4, 0.5) is 10.1 Å². The van der Waals surface area contributed by atoms with Crippen molar-refractivity contribution in [3.8, 4) is 5.75 Å². The van der Waals surface area contributed by atoms with Crippen LogP contribution in [0.25, 0.3) is 0 Å². The second-order valence-electron chi connectivity index (χ2n) is 4.39. The monoisotopic (exact) mass is 358 g/mol. The van der Waals surface area contributed by atoms with E-state index in [1.807, 2.05) is 0 Å². The predicted octanol–water partition coefficient (Wildman–Crippen LogP) is 4.63. The van der Waals surface area contributed by atoms with Crippen LogP contribution < -0.4 is 15.4 Å². The van der Waals surface area contributed by atoms with Gasteiger partial charge in [0.1, 0.15) is 11.6 Å². The highest BCUT2D eigenvalue weighted by atomic mass is 35.5. The lowest BCUT2D eigenvalue weighted by atomic mass is 10.2. The third-order valence-corrected chi connectivity index (χ3v) is 3.58. The fourth-order valence-electron chi connectivity index (χ4n) is 1.78. The lowest BCUT2D eigenvalue weighted by molar-refractivity contribution is 0.417. The highest BCUT2D eigenvalue weighted by molar-refractivity contribution is 7.80. The maximum Gasteiger partial charge on any atom is 0.171 e. The number of halogens is 3. The second-order valence-corrected chi connectivity index (χ2v) is 5.67. The van der Waals surface area contributed by atoms with Crippen LogP contribution in [0.15, 0.2) is 36.4 Å². The maximum atomic E-state index is 13.7. The van der Waals surface area contributed by atoms with E-state index in [-0.39, 0.29) is 12.4 Å². The van der Waals surface area contributed by atoms with Crippen molar-refractivity contribution < 1.29 is 9.13 Å². The van der Waals surface area contributed by atoms with E-state index >= 15 is 0 Å². The quantitative estimate of drug-likeness (QED) is 0.780.